The Kier molecular flexibility index (Phi) is 3.81. The molecule has 2 rings (SSSR count). The molecule has 0 aliphatic carbocycles. The fourth-order valence-corrected chi connectivity index (χ4v) is 1.88. The summed E-state index contributed by atoms with van der Waals surface area (Å²) < 4.78 is 0. The molecule has 1 atom stereocenters. The van der Waals surface area contributed by atoms with Gasteiger partial charge in [0.1, 0.15) is 6.04 Å². The van der Waals surface area contributed by atoms with Crippen molar-refractivity contribution in [1.29, 1.82) is 0 Å². The highest BCUT2D eigenvalue weighted by Gasteiger charge is 2.11. The molecule has 0 aliphatic rings. The number of rotatable bonds is 3. The monoisotopic (exact) mass is 239 g/mol. The summed E-state index contributed by atoms with van der Waals surface area (Å²) in [6, 6.07) is 18.4. The third-order valence-electron chi connectivity index (χ3n) is 2.69. The molecular weight excluding hydrogens is 226 g/mol. The van der Waals surface area contributed by atoms with E-state index in [2.05, 4.69) is 53.5 Å². The molecule has 1 unspecified atom stereocenters. The van der Waals surface area contributed by atoms with Gasteiger partial charge >= 0.3 is 0 Å². The van der Waals surface area contributed by atoms with Crippen LogP contribution in [0.5, 0.6) is 0 Å². The van der Waals surface area contributed by atoms with Gasteiger partial charge in [-0.3, -0.25) is 0 Å². The zero-order chi connectivity index (χ0) is 12.1. The lowest BCUT2D eigenvalue weighted by Crippen LogP contribution is -1.97. The van der Waals surface area contributed by atoms with Crippen LogP contribution in [0.25, 0.3) is 0 Å². The molecular formula is C15H13NS. The van der Waals surface area contributed by atoms with Gasteiger partial charge in [0.2, 0.25) is 0 Å². The molecule has 0 bridgehead atoms. The van der Waals surface area contributed by atoms with Gasteiger partial charge in [-0.05, 0) is 30.3 Å². The van der Waals surface area contributed by atoms with Crippen LogP contribution in [0.4, 0.5) is 0 Å². The Bertz CT molecular complexity index is 525. The summed E-state index contributed by atoms with van der Waals surface area (Å²) in [5, 5.41) is 2.49. The largest absolute Gasteiger partial charge is 0.219 e. The van der Waals surface area contributed by atoms with Crippen LogP contribution >= 0.6 is 12.2 Å². The average molecular weight is 239 g/mol. The molecule has 2 aromatic rings. The summed E-state index contributed by atoms with van der Waals surface area (Å²) >= 11 is 4.74. The first-order valence-electron chi connectivity index (χ1n) is 5.50. The highest BCUT2D eigenvalue weighted by atomic mass is 32.1. The van der Waals surface area contributed by atoms with E-state index >= 15 is 0 Å². The summed E-state index contributed by atoms with van der Waals surface area (Å²) in [6.45, 7) is 2.07. The van der Waals surface area contributed by atoms with E-state index in [0.717, 1.165) is 11.1 Å². The molecule has 0 radical (unpaired) electrons. The molecule has 0 heterocycles. The van der Waals surface area contributed by atoms with Crippen LogP contribution in [0.3, 0.4) is 0 Å². The molecule has 0 saturated heterocycles. The first-order chi connectivity index (χ1) is 8.31. The van der Waals surface area contributed by atoms with Crippen LogP contribution in [-0.4, -0.2) is 5.16 Å². The van der Waals surface area contributed by atoms with Crippen molar-refractivity contribution >= 4 is 17.4 Å². The molecule has 2 heteroatoms. The van der Waals surface area contributed by atoms with Crippen molar-refractivity contribution in [2.45, 2.75) is 13.0 Å². The smallest absolute Gasteiger partial charge is 0.110 e. The highest BCUT2D eigenvalue weighted by Crippen LogP contribution is 2.25. The third-order valence-corrected chi connectivity index (χ3v) is 2.80. The van der Waals surface area contributed by atoms with Gasteiger partial charge < -0.3 is 0 Å². The number of aryl methyl sites for hydroxylation is 1. The van der Waals surface area contributed by atoms with E-state index in [1.165, 1.54) is 5.56 Å². The fraction of sp³-hybridized carbons (Fsp3) is 0.133. The maximum absolute atomic E-state index is 4.74. The van der Waals surface area contributed by atoms with Gasteiger partial charge in [-0.25, -0.2) is 4.99 Å². The van der Waals surface area contributed by atoms with E-state index in [0.29, 0.717) is 0 Å². The minimum absolute atomic E-state index is 0.0469. The zero-order valence-electron chi connectivity index (χ0n) is 9.63. The zero-order valence-corrected chi connectivity index (χ0v) is 10.4. The van der Waals surface area contributed by atoms with Gasteiger partial charge in [0.15, 0.2) is 0 Å². The van der Waals surface area contributed by atoms with E-state index in [1.807, 2.05) is 18.2 Å². The Labute approximate surface area is 107 Å². The van der Waals surface area contributed by atoms with Crippen molar-refractivity contribution in [1.82, 2.24) is 0 Å². The molecule has 1 nitrogen and oxygen atoms in total. The SMILES string of the molecule is Cc1ccc(C(N=C=S)c2ccccc2)cc1. The lowest BCUT2D eigenvalue weighted by molar-refractivity contribution is 0.881. The topological polar surface area (TPSA) is 12.4 Å². The van der Waals surface area contributed by atoms with Gasteiger partial charge in [0.25, 0.3) is 0 Å². The minimum atomic E-state index is -0.0469. The molecule has 0 aliphatic heterocycles. The summed E-state index contributed by atoms with van der Waals surface area (Å²) in [4.78, 5) is 4.26. The Hall–Kier alpha value is -1.76. The van der Waals surface area contributed by atoms with Crippen LogP contribution in [-0.2, 0) is 0 Å². The number of hydrogen-bond acceptors (Lipinski definition) is 2. The Morgan fingerprint density at radius 1 is 0.941 bits per heavy atom. The molecule has 0 N–H and O–H groups in total. The predicted molar refractivity (Wildman–Crippen MR) is 74.5 cm³/mol. The van der Waals surface area contributed by atoms with Crippen LogP contribution in [0, 0.1) is 6.92 Å². The van der Waals surface area contributed by atoms with Crippen molar-refractivity contribution in [3.8, 4) is 0 Å². The van der Waals surface area contributed by atoms with E-state index in [4.69, 9.17) is 12.2 Å². The normalized spacial score (nSPS) is 11.6. The van der Waals surface area contributed by atoms with Gasteiger partial charge in [0, 0.05) is 0 Å². The van der Waals surface area contributed by atoms with Crippen molar-refractivity contribution in [3.63, 3.8) is 0 Å². The standard InChI is InChI=1S/C15H13NS/c1-12-7-9-14(10-8-12)15(16-11-17)13-5-3-2-4-6-13/h2-10,15H,1H3. The van der Waals surface area contributed by atoms with E-state index in [-0.39, 0.29) is 6.04 Å². The summed E-state index contributed by atoms with van der Waals surface area (Å²) in [6.07, 6.45) is 0. The van der Waals surface area contributed by atoms with Gasteiger partial charge in [-0.2, -0.15) is 0 Å². The van der Waals surface area contributed by atoms with Crippen LogP contribution in [0.1, 0.15) is 22.7 Å². The third kappa shape index (κ3) is 2.88. The molecule has 0 fully saturated rings. The highest BCUT2D eigenvalue weighted by molar-refractivity contribution is 7.78. The molecule has 0 aromatic heterocycles. The van der Waals surface area contributed by atoms with E-state index < -0.39 is 0 Å². The molecule has 0 amide bonds. The number of benzene rings is 2. The van der Waals surface area contributed by atoms with Crippen LogP contribution in [0.2, 0.25) is 0 Å². The summed E-state index contributed by atoms with van der Waals surface area (Å²) in [5.74, 6) is 0. The van der Waals surface area contributed by atoms with Crippen LogP contribution < -0.4 is 0 Å². The Morgan fingerprint density at radius 3 is 2.12 bits per heavy atom. The van der Waals surface area contributed by atoms with Gasteiger partial charge in [-0.1, -0.05) is 60.2 Å². The second-order valence-electron chi connectivity index (χ2n) is 3.94. The van der Waals surface area contributed by atoms with E-state index in [9.17, 15) is 0 Å². The van der Waals surface area contributed by atoms with Gasteiger partial charge in [-0.15, -0.1) is 0 Å². The molecule has 0 spiro atoms. The van der Waals surface area contributed by atoms with Gasteiger partial charge in [0.05, 0.1) is 5.16 Å². The second kappa shape index (κ2) is 5.53. The number of aliphatic imine (C=N–C) groups is 1. The number of isothiocyanates is 1. The molecule has 17 heavy (non-hydrogen) atoms. The van der Waals surface area contributed by atoms with Crippen molar-refractivity contribution in [2.24, 2.45) is 4.99 Å². The Morgan fingerprint density at radius 2 is 1.53 bits per heavy atom. The predicted octanol–water partition coefficient (Wildman–Crippen LogP) is 4.19. The van der Waals surface area contributed by atoms with Crippen LogP contribution in [0.15, 0.2) is 59.6 Å². The maximum Gasteiger partial charge on any atom is 0.110 e. The summed E-state index contributed by atoms with van der Waals surface area (Å²) in [7, 11) is 0. The quantitative estimate of drug-likeness (QED) is 0.578. The first kappa shape index (κ1) is 11.7. The lowest BCUT2D eigenvalue weighted by atomic mass is 9.98. The van der Waals surface area contributed by atoms with Crippen molar-refractivity contribution < 1.29 is 0 Å². The first-order valence-corrected chi connectivity index (χ1v) is 5.90. The minimum Gasteiger partial charge on any atom is -0.219 e. The number of nitrogens with zero attached hydrogens (tertiary/aromatic N) is 1. The molecule has 0 saturated carbocycles. The lowest BCUT2D eigenvalue weighted by Gasteiger charge is -2.12. The molecule has 84 valence electrons. The molecule has 2 aromatic carbocycles. The summed E-state index contributed by atoms with van der Waals surface area (Å²) in [5.41, 5.74) is 3.51. The number of thiocarbonyl (C=S) groups is 1. The second-order valence-corrected chi connectivity index (χ2v) is 4.13. The maximum atomic E-state index is 4.74. The fourth-order valence-electron chi connectivity index (χ4n) is 1.78. The van der Waals surface area contributed by atoms with Crippen molar-refractivity contribution in [2.75, 3.05) is 0 Å². The van der Waals surface area contributed by atoms with E-state index in [1.54, 1.807) is 0 Å². The Balaban J connectivity index is 2.42. The average Bonchev–Trinajstić information content (AvgIpc) is 2.38. The number of hydrogen-bond donors (Lipinski definition) is 0. The van der Waals surface area contributed by atoms with Crippen molar-refractivity contribution in [3.05, 3.63) is 71.3 Å².